The number of nitrogens with zero attached hydrogens (tertiary/aromatic N) is 2. The zero-order valence-electron chi connectivity index (χ0n) is 13.2. The first-order valence-electron chi connectivity index (χ1n) is 7.68. The van der Waals surface area contributed by atoms with Gasteiger partial charge in [0.2, 0.25) is 5.91 Å². The molecule has 0 saturated heterocycles. The van der Waals surface area contributed by atoms with E-state index in [-0.39, 0.29) is 17.5 Å². The van der Waals surface area contributed by atoms with E-state index in [1.165, 1.54) is 13.1 Å². The third-order valence-corrected chi connectivity index (χ3v) is 4.62. The highest BCUT2D eigenvalue weighted by Gasteiger charge is 2.45. The summed E-state index contributed by atoms with van der Waals surface area (Å²) >= 11 is 6.07. The van der Waals surface area contributed by atoms with Gasteiger partial charge in [-0.15, -0.1) is 10.2 Å². The largest absolute Gasteiger partial charge is 0.354 e. The van der Waals surface area contributed by atoms with Gasteiger partial charge in [-0.05, 0) is 42.7 Å². The molecule has 1 aromatic carbocycles. The molecule has 1 aromatic heterocycles. The molecule has 0 bridgehead atoms. The number of carbonyl (C=O) groups excluding carboxylic acids is 2. The van der Waals surface area contributed by atoms with Crippen molar-refractivity contribution in [2.45, 2.75) is 24.7 Å². The van der Waals surface area contributed by atoms with Crippen LogP contribution in [0.15, 0.2) is 36.4 Å². The predicted molar refractivity (Wildman–Crippen MR) is 91.0 cm³/mol. The van der Waals surface area contributed by atoms with E-state index in [9.17, 15) is 9.59 Å². The van der Waals surface area contributed by atoms with E-state index >= 15 is 0 Å². The van der Waals surface area contributed by atoms with Gasteiger partial charge in [-0.3, -0.25) is 9.59 Å². The first-order valence-corrected chi connectivity index (χ1v) is 8.06. The van der Waals surface area contributed by atoms with Crippen molar-refractivity contribution in [3.8, 4) is 0 Å². The van der Waals surface area contributed by atoms with Crippen LogP contribution in [0.4, 0.5) is 5.82 Å². The maximum atomic E-state index is 12.8. The molecule has 24 heavy (non-hydrogen) atoms. The molecule has 0 unspecified atom stereocenters. The molecule has 1 fully saturated rings. The molecule has 1 heterocycles. The van der Waals surface area contributed by atoms with Crippen molar-refractivity contribution in [3.63, 3.8) is 0 Å². The van der Waals surface area contributed by atoms with Crippen molar-refractivity contribution in [1.82, 2.24) is 15.5 Å². The number of rotatable bonds is 4. The minimum absolute atomic E-state index is 0.127. The summed E-state index contributed by atoms with van der Waals surface area (Å²) in [6, 6.07) is 10.5. The van der Waals surface area contributed by atoms with Crippen LogP contribution in [-0.2, 0) is 10.2 Å². The maximum Gasteiger partial charge on any atom is 0.271 e. The molecule has 1 saturated carbocycles. The Hall–Kier alpha value is -2.47. The van der Waals surface area contributed by atoms with Crippen LogP contribution in [0.3, 0.4) is 0 Å². The summed E-state index contributed by atoms with van der Waals surface area (Å²) in [5, 5.41) is 13.6. The lowest BCUT2D eigenvalue weighted by atomic mass is 9.64. The van der Waals surface area contributed by atoms with Crippen molar-refractivity contribution in [2.75, 3.05) is 12.4 Å². The van der Waals surface area contributed by atoms with E-state index in [1.54, 1.807) is 12.1 Å². The van der Waals surface area contributed by atoms with Gasteiger partial charge in [0, 0.05) is 12.1 Å². The monoisotopic (exact) mass is 344 g/mol. The number of aromatic nitrogens is 2. The van der Waals surface area contributed by atoms with Gasteiger partial charge in [-0.2, -0.15) is 0 Å². The molecule has 0 aliphatic heterocycles. The van der Waals surface area contributed by atoms with Crippen molar-refractivity contribution in [3.05, 3.63) is 52.7 Å². The lowest BCUT2D eigenvalue weighted by Crippen LogP contribution is -2.46. The van der Waals surface area contributed by atoms with Crippen LogP contribution in [0.25, 0.3) is 0 Å². The van der Waals surface area contributed by atoms with Gasteiger partial charge in [0.25, 0.3) is 5.91 Å². The maximum absolute atomic E-state index is 12.8. The number of amides is 2. The Morgan fingerprint density at radius 3 is 2.50 bits per heavy atom. The zero-order valence-corrected chi connectivity index (χ0v) is 13.9. The van der Waals surface area contributed by atoms with Gasteiger partial charge < -0.3 is 10.6 Å². The quantitative estimate of drug-likeness (QED) is 0.892. The third kappa shape index (κ3) is 2.97. The zero-order chi connectivity index (χ0) is 17.2. The highest BCUT2D eigenvalue weighted by Crippen LogP contribution is 2.45. The number of hydrogen-bond donors (Lipinski definition) is 2. The Balaban J connectivity index is 1.79. The van der Waals surface area contributed by atoms with Crippen LogP contribution in [-0.4, -0.2) is 29.1 Å². The Morgan fingerprint density at radius 1 is 1.17 bits per heavy atom. The van der Waals surface area contributed by atoms with E-state index < -0.39 is 5.41 Å². The molecule has 1 aliphatic rings. The van der Waals surface area contributed by atoms with Gasteiger partial charge in [-0.1, -0.05) is 30.2 Å². The summed E-state index contributed by atoms with van der Waals surface area (Å²) in [7, 11) is 1.52. The topological polar surface area (TPSA) is 84.0 Å². The van der Waals surface area contributed by atoms with Crippen LogP contribution in [0.1, 0.15) is 35.3 Å². The summed E-state index contributed by atoms with van der Waals surface area (Å²) in [6.07, 6.45) is 2.52. The van der Waals surface area contributed by atoms with Crippen LogP contribution in [0, 0.1) is 0 Å². The molecule has 0 radical (unpaired) electrons. The molecule has 6 nitrogen and oxygen atoms in total. The Kier molecular flexibility index (Phi) is 4.49. The van der Waals surface area contributed by atoms with Gasteiger partial charge in [-0.25, -0.2) is 0 Å². The van der Waals surface area contributed by atoms with Crippen molar-refractivity contribution in [2.24, 2.45) is 0 Å². The highest BCUT2D eigenvalue weighted by molar-refractivity contribution is 6.30. The van der Waals surface area contributed by atoms with E-state index in [1.807, 2.05) is 18.2 Å². The van der Waals surface area contributed by atoms with Gasteiger partial charge in [0.15, 0.2) is 11.5 Å². The minimum atomic E-state index is -0.577. The van der Waals surface area contributed by atoms with Gasteiger partial charge >= 0.3 is 0 Å². The molecule has 2 amide bonds. The lowest BCUT2D eigenvalue weighted by Gasteiger charge is -2.40. The minimum Gasteiger partial charge on any atom is -0.354 e. The number of nitrogens with one attached hydrogen (secondary N) is 2. The molecule has 124 valence electrons. The normalized spacial score (nSPS) is 15.2. The number of carbonyl (C=O) groups is 2. The molecule has 1 aliphatic carbocycles. The molecule has 0 spiro atoms. The second-order valence-corrected chi connectivity index (χ2v) is 6.22. The Bertz CT molecular complexity index is 772. The third-order valence-electron chi connectivity index (χ3n) is 4.38. The standard InChI is InChI=1S/C17H17ClN4O2/c1-19-15(23)13-6-7-14(22-21-13)20-16(24)17(8-3-9-17)11-4-2-5-12(18)10-11/h2,4-7,10H,3,8-9H2,1H3,(H,19,23)(H,20,22,24). The number of benzene rings is 1. The molecule has 2 N–H and O–H groups in total. The summed E-state index contributed by atoms with van der Waals surface area (Å²) < 4.78 is 0. The number of halogens is 1. The number of anilines is 1. The van der Waals surface area contributed by atoms with Crippen molar-refractivity contribution >= 4 is 29.2 Å². The van der Waals surface area contributed by atoms with Crippen molar-refractivity contribution in [1.29, 1.82) is 0 Å². The number of hydrogen-bond acceptors (Lipinski definition) is 4. The fraction of sp³-hybridized carbons (Fsp3) is 0.294. The van der Waals surface area contributed by atoms with Crippen LogP contribution in [0.2, 0.25) is 5.02 Å². The van der Waals surface area contributed by atoms with Crippen LogP contribution < -0.4 is 10.6 Å². The first-order chi connectivity index (χ1) is 11.5. The van der Waals surface area contributed by atoms with E-state index in [2.05, 4.69) is 20.8 Å². The van der Waals surface area contributed by atoms with E-state index in [0.29, 0.717) is 10.8 Å². The summed E-state index contributed by atoms with van der Waals surface area (Å²) in [6.45, 7) is 0. The van der Waals surface area contributed by atoms with E-state index in [4.69, 9.17) is 11.6 Å². The van der Waals surface area contributed by atoms with E-state index in [0.717, 1.165) is 24.8 Å². The lowest BCUT2D eigenvalue weighted by molar-refractivity contribution is -0.124. The summed E-state index contributed by atoms with van der Waals surface area (Å²) in [5.74, 6) is -0.131. The molecular formula is C17H17ClN4O2. The van der Waals surface area contributed by atoms with Gasteiger partial charge in [0.05, 0.1) is 5.41 Å². The van der Waals surface area contributed by atoms with Crippen molar-refractivity contribution < 1.29 is 9.59 Å². The SMILES string of the molecule is CNC(=O)c1ccc(NC(=O)C2(c3cccc(Cl)c3)CCC2)nn1. The molecule has 3 rings (SSSR count). The Labute approximate surface area is 144 Å². The smallest absolute Gasteiger partial charge is 0.271 e. The fourth-order valence-corrected chi connectivity index (χ4v) is 3.04. The molecular weight excluding hydrogens is 328 g/mol. The highest BCUT2D eigenvalue weighted by atomic mass is 35.5. The summed E-state index contributed by atoms with van der Waals surface area (Å²) in [4.78, 5) is 24.3. The van der Waals surface area contributed by atoms with Crippen LogP contribution in [0.5, 0.6) is 0 Å². The molecule has 0 atom stereocenters. The Morgan fingerprint density at radius 2 is 1.96 bits per heavy atom. The van der Waals surface area contributed by atoms with Crippen LogP contribution >= 0.6 is 11.6 Å². The summed E-state index contributed by atoms with van der Waals surface area (Å²) in [5.41, 5.74) is 0.531. The predicted octanol–water partition coefficient (Wildman–Crippen LogP) is 2.55. The second kappa shape index (κ2) is 6.57. The average Bonchev–Trinajstić information content (AvgIpc) is 2.54. The molecule has 7 heteroatoms. The average molecular weight is 345 g/mol. The molecule has 2 aromatic rings. The first kappa shape index (κ1) is 16.4. The second-order valence-electron chi connectivity index (χ2n) is 5.78. The fourth-order valence-electron chi connectivity index (χ4n) is 2.85. The van der Waals surface area contributed by atoms with Gasteiger partial charge in [0.1, 0.15) is 0 Å².